The number of nitrogens with one attached hydrogen (secondary N) is 2. The maximum absolute atomic E-state index is 12.0. The van der Waals surface area contributed by atoms with Gasteiger partial charge in [0.25, 0.3) is 5.91 Å². The molecule has 88 valence electrons. The Morgan fingerprint density at radius 3 is 2.81 bits per heavy atom. The minimum Gasteiger partial charge on any atom is -0.480 e. The zero-order chi connectivity index (χ0) is 11.8. The van der Waals surface area contributed by atoms with E-state index in [0.717, 1.165) is 17.9 Å². The van der Waals surface area contributed by atoms with Gasteiger partial charge in [0.15, 0.2) is 0 Å². The average Bonchev–Trinajstić information content (AvgIpc) is 2.44. The minimum atomic E-state index is -1.19. The molecule has 0 bridgehead atoms. The SMILES string of the molecule is O=C(O)CN1C(=O)NC2(CCCNC2)C1=O. The summed E-state index contributed by atoms with van der Waals surface area (Å²) in [6.45, 7) is 0.601. The maximum atomic E-state index is 12.0. The fourth-order valence-electron chi connectivity index (χ4n) is 2.15. The van der Waals surface area contributed by atoms with Crippen molar-refractivity contribution in [3.8, 4) is 0 Å². The Morgan fingerprint density at radius 2 is 2.25 bits per heavy atom. The first-order valence-corrected chi connectivity index (χ1v) is 5.12. The molecule has 2 rings (SSSR count). The molecule has 2 aliphatic heterocycles. The van der Waals surface area contributed by atoms with Gasteiger partial charge in [-0.15, -0.1) is 0 Å². The lowest BCUT2D eigenvalue weighted by Gasteiger charge is -2.31. The Hall–Kier alpha value is -1.63. The van der Waals surface area contributed by atoms with Gasteiger partial charge in [-0.3, -0.25) is 14.5 Å². The summed E-state index contributed by atoms with van der Waals surface area (Å²) in [4.78, 5) is 34.8. The summed E-state index contributed by atoms with van der Waals surface area (Å²) >= 11 is 0. The van der Waals surface area contributed by atoms with Crippen molar-refractivity contribution in [2.75, 3.05) is 19.6 Å². The molecule has 0 aromatic rings. The molecule has 2 saturated heterocycles. The zero-order valence-electron chi connectivity index (χ0n) is 8.65. The van der Waals surface area contributed by atoms with Crippen LogP contribution in [0.1, 0.15) is 12.8 Å². The molecule has 7 nitrogen and oxygen atoms in total. The normalized spacial score (nSPS) is 29.6. The number of carbonyl (C=O) groups is 3. The summed E-state index contributed by atoms with van der Waals surface area (Å²) in [6.07, 6.45) is 1.34. The standard InChI is InChI=1S/C9H13N3O4/c13-6(14)4-12-7(15)9(11-8(12)16)2-1-3-10-5-9/h10H,1-5H2,(H,11,16)(H,13,14). The first-order chi connectivity index (χ1) is 7.55. The highest BCUT2D eigenvalue weighted by atomic mass is 16.4. The number of piperidine rings is 1. The number of nitrogens with zero attached hydrogens (tertiary/aromatic N) is 1. The molecule has 7 heteroatoms. The van der Waals surface area contributed by atoms with E-state index in [2.05, 4.69) is 10.6 Å². The molecule has 1 spiro atoms. The van der Waals surface area contributed by atoms with Gasteiger partial charge in [-0.2, -0.15) is 0 Å². The fraction of sp³-hybridized carbons (Fsp3) is 0.667. The van der Waals surface area contributed by atoms with Crippen molar-refractivity contribution in [3.63, 3.8) is 0 Å². The molecule has 0 radical (unpaired) electrons. The van der Waals surface area contributed by atoms with Crippen LogP contribution < -0.4 is 10.6 Å². The molecular weight excluding hydrogens is 214 g/mol. The van der Waals surface area contributed by atoms with E-state index in [9.17, 15) is 14.4 Å². The second kappa shape index (κ2) is 3.75. The van der Waals surface area contributed by atoms with Crippen LogP contribution in [0.3, 0.4) is 0 Å². The largest absolute Gasteiger partial charge is 0.480 e. The highest BCUT2D eigenvalue weighted by molar-refractivity contribution is 6.08. The highest BCUT2D eigenvalue weighted by Crippen LogP contribution is 2.24. The lowest BCUT2D eigenvalue weighted by molar-refractivity contribution is -0.143. The quantitative estimate of drug-likeness (QED) is 0.512. The number of hydrogen-bond donors (Lipinski definition) is 3. The molecule has 3 N–H and O–H groups in total. The summed E-state index contributed by atoms with van der Waals surface area (Å²) in [5.74, 6) is -1.63. The second-order valence-electron chi connectivity index (χ2n) is 4.08. The molecule has 0 aliphatic carbocycles. The lowest BCUT2D eigenvalue weighted by Crippen LogP contribution is -2.57. The van der Waals surface area contributed by atoms with E-state index >= 15 is 0 Å². The molecular formula is C9H13N3O4. The Balaban J connectivity index is 2.17. The summed E-state index contributed by atoms with van der Waals surface area (Å²) in [6, 6.07) is -0.615. The first-order valence-electron chi connectivity index (χ1n) is 5.12. The van der Waals surface area contributed by atoms with E-state index in [1.54, 1.807) is 0 Å². The third kappa shape index (κ3) is 1.63. The monoisotopic (exact) mass is 227 g/mol. The van der Waals surface area contributed by atoms with Crippen LogP contribution in [-0.2, 0) is 9.59 Å². The molecule has 1 unspecified atom stereocenters. The summed E-state index contributed by atoms with van der Waals surface area (Å²) < 4.78 is 0. The molecule has 2 heterocycles. The van der Waals surface area contributed by atoms with Crippen LogP contribution >= 0.6 is 0 Å². The van der Waals surface area contributed by atoms with Crippen molar-refractivity contribution in [1.29, 1.82) is 0 Å². The number of rotatable bonds is 2. The fourth-order valence-corrected chi connectivity index (χ4v) is 2.15. The van der Waals surface area contributed by atoms with E-state index in [-0.39, 0.29) is 0 Å². The Morgan fingerprint density at radius 1 is 1.50 bits per heavy atom. The third-order valence-corrected chi connectivity index (χ3v) is 2.92. The summed E-state index contributed by atoms with van der Waals surface area (Å²) in [5.41, 5.74) is -0.926. The number of imide groups is 1. The first kappa shape index (κ1) is 10.9. The van der Waals surface area contributed by atoms with Gasteiger partial charge in [0.1, 0.15) is 12.1 Å². The van der Waals surface area contributed by atoms with Crippen LogP contribution in [0.4, 0.5) is 4.79 Å². The van der Waals surface area contributed by atoms with Gasteiger partial charge in [-0.1, -0.05) is 0 Å². The number of aliphatic carboxylic acids is 1. The topological polar surface area (TPSA) is 98.7 Å². The Labute approximate surface area is 91.8 Å². The van der Waals surface area contributed by atoms with E-state index in [0.29, 0.717) is 13.0 Å². The van der Waals surface area contributed by atoms with Crippen LogP contribution in [0.2, 0.25) is 0 Å². The second-order valence-corrected chi connectivity index (χ2v) is 4.08. The number of hydrogen-bond acceptors (Lipinski definition) is 4. The van der Waals surface area contributed by atoms with Crippen molar-refractivity contribution in [2.45, 2.75) is 18.4 Å². The molecule has 2 aliphatic rings. The third-order valence-electron chi connectivity index (χ3n) is 2.92. The average molecular weight is 227 g/mol. The predicted octanol–water partition coefficient (Wildman–Crippen LogP) is -1.25. The molecule has 3 amide bonds. The number of amides is 3. The van der Waals surface area contributed by atoms with E-state index in [1.165, 1.54) is 0 Å². The number of carboxylic acid groups (broad SMARTS) is 1. The molecule has 16 heavy (non-hydrogen) atoms. The van der Waals surface area contributed by atoms with Gasteiger partial charge >= 0.3 is 12.0 Å². The van der Waals surface area contributed by atoms with Crippen LogP contribution in [0, 0.1) is 0 Å². The van der Waals surface area contributed by atoms with Gasteiger partial charge < -0.3 is 15.7 Å². The molecule has 0 aromatic heterocycles. The summed E-state index contributed by atoms with van der Waals surface area (Å²) in [5, 5.41) is 14.2. The lowest BCUT2D eigenvalue weighted by atomic mass is 9.90. The van der Waals surface area contributed by atoms with Crippen molar-refractivity contribution in [1.82, 2.24) is 15.5 Å². The summed E-state index contributed by atoms with van der Waals surface area (Å²) in [7, 11) is 0. The van der Waals surface area contributed by atoms with Crippen LogP contribution in [0.15, 0.2) is 0 Å². The Kier molecular flexibility index (Phi) is 2.55. The van der Waals surface area contributed by atoms with Crippen molar-refractivity contribution >= 4 is 17.9 Å². The van der Waals surface area contributed by atoms with E-state index < -0.39 is 30.0 Å². The number of carbonyl (C=O) groups excluding carboxylic acids is 2. The Bertz CT molecular complexity index is 349. The molecule has 0 saturated carbocycles. The predicted molar refractivity (Wildman–Crippen MR) is 52.7 cm³/mol. The zero-order valence-corrected chi connectivity index (χ0v) is 8.65. The maximum Gasteiger partial charge on any atom is 0.325 e. The number of urea groups is 1. The van der Waals surface area contributed by atoms with Gasteiger partial charge in [0.05, 0.1) is 0 Å². The van der Waals surface area contributed by atoms with E-state index in [1.807, 2.05) is 0 Å². The van der Waals surface area contributed by atoms with Gasteiger partial charge in [-0.05, 0) is 19.4 Å². The van der Waals surface area contributed by atoms with E-state index in [4.69, 9.17) is 5.11 Å². The molecule has 1 atom stereocenters. The number of carboxylic acids is 1. The van der Waals surface area contributed by atoms with Gasteiger partial charge in [-0.25, -0.2) is 4.79 Å². The highest BCUT2D eigenvalue weighted by Gasteiger charge is 2.51. The molecule has 0 aromatic carbocycles. The smallest absolute Gasteiger partial charge is 0.325 e. The van der Waals surface area contributed by atoms with Gasteiger partial charge in [0.2, 0.25) is 0 Å². The van der Waals surface area contributed by atoms with Crippen molar-refractivity contribution in [2.24, 2.45) is 0 Å². The van der Waals surface area contributed by atoms with Crippen molar-refractivity contribution < 1.29 is 19.5 Å². The van der Waals surface area contributed by atoms with Gasteiger partial charge in [0, 0.05) is 6.54 Å². The molecule has 2 fully saturated rings. The van der Waals surface area contributed by atoms with Crippen LogP contribution in [-0.4, -0.2) is 53.1 Å². The van der Waals surface area contributed by atoms with Crippen molar-refractivity contribution in [3.05, 3.63) is 0 Å². The minimum absolute atomic E-state index is 0.369. The van der Waals surface area contributed by atoms with Crippen LogP contribution in [0.25, 0.3) is 0 Å². The van der Waals surface area contributed by atoms with Crippen LogP contribution in [0.5, 0.6) is 0 Å².